The first-order chi connectivity index (χ1) is 10.3. The number of rotatable bonds is 3. The summed E-state index contributed by atoms with van der Waals surface area (Å²) in [6.45, 7) is 8.35. The lowest BCUT2D eigenvalue weighted by Crippen LogP contribution is -2.41. The monoisotopic (exact) mass is 297 g/mol. The molecule has 0 unspecified atom stereocenters. The minimum atomic E-state index is -0.342. The third-order valence-corrected chi connectivity index (χ3v) is 4.99. The molecule has 114 valence electrons. The molecule has 4 nitrogen and oxygen atoms in total. The molecular weight excluding hydrogens is 276 g/mol. The lowest BCUT2D eigenvalue weighted by Gasteiger charge is -2.32. The molecule has 0 atom stereocenters. The highest BCUT2D eigenvalue weighted by Crippen LogP contribution is 2.36. The Bertz CT molecular complexity index is 572. The first-order valence-electron chi connectivity index (χ1n) is 7.82. The Labute approximate surface area is 133 Å². The van der Waals surface area contributed by atoms with Crippen molar-refractivity contribution in [3.63, 3.8) is 0 Å². The van der Waals surface area contributed by atoms with E-state index in [0.29, 0.717) is 0 Å². The zero-order chi connectivity index (χ0) is 16.0. The van der Waals surface area contributed by atoms with Gasteiger partial charge in [0.1, 0.15) is 5.75 Å². The Kier molecular flexibility index (Phi) is 3.74. The fourth-order valence-corrected chi connectivity index (χ4v) is 2.64. The molecule has 6 heteroatoms. The van der Waals surface area contributed by atoms with Crippen LogP contribution in [0, 0.1) is 11.2 Å². The summed E-state index contributed by atoms with van der Waals surface area (Å²) in [6.07, 6.45) is 1.83. The maximum Gasteiger partial charge on any atom is 0.494 e. The first-order valence-corrected chi connectivity index (χ1v) is 7.82. The minimum absolute atomic E-state index is 0.161. The molecular formula is C16H21B2NO3. The maximum atomic E-state index is 8.78. The van der Waals surface area contributed by atoms with E-state index in [9.17, 15) is 0 Å². The molecule has 3 rings (SSSR count). The summed E-state index contributed by atoms with van der Waals surface area (Å²) in [5, 5.41) is 8.78. The van der Waals surface area contributed by atoms with Gasteiger partial charge in [0.2, 0.25) is 0 Å². The van der Waals surface area contributed by atoms with Gasteiger partial charge in [-0.25, -0.2) is 5.26 Å². The van der Waals surface area contributed by atoms with Crippen molar-refractivity contribution in [1.29, 1.82) is 5.26 Å². The summed E-state index contributed by atoms with van der Waals surface area (Å²) in [4.78, 5) is 0. The van der Waals surface area contributed by atoms with Crippen molar-refractivity contribution in [1.82, 2.24) is 0 Å². The third kappa shape index (κ3) is 2.76. The highest BCUT2D eigenvalue weighted by molar-refractivity contribution is 6.70. The van der Waals surface area contributed by atoms with Crippen LogP contribution in [0.5, 0.6) is 5.75 Å². The van der Waals surface area contributed by atoms with E-state index in [2.05, 4.69) is 5.97 Å². The number of nitriles is 1. The number of hydrogen-bond donors (Lipinski definition) is 0. The Balaban J connectivity index is 1.62. The average Bonchev–Trinajstić information content (AvgIpc) is 2.63. The summed E-state index contributed by atoms with van der Waals surface area (Å²) in [7, 11) is -0.342. The fourth-order valence-electron chi connectivity index (χ4n) is 2.64. The Morgan fingerprint density at radius 1 is 1.09 bits per heavy atom. The van der Waals surface area contributed by atoms with Crippen molar-refractivity contribution in [3.05, 3.63) is 24.3 Å². The molecule has 0 amide bonds. The van der Waals surface area contributed by atoms with Crippen LogP contribution in [0.2, 0.25) is 12.6 Å². The van der Waals surface area contributed by atoms with E-state index in [1.54, 1.807) is 0 Å². The van der Waals surface area contributed by atoms with E-state index >= 15 is 0 Å². The van der Waals surface area contributed by atoms with Gasteiger partial charge in [-0.05, 0) is 57.9 Å². The lowest BCUT2D eigenvalue weighted by atomic mass is 9.35. The van der Waals surface area contributed by atoms with Crippen LogP contribution in [0.4, 0.5) is 0 Å². The molecule has 1 aromatic carbocycles. The smallest absolute Gasteiger partial charge is 0.492 e. The molecule has 0 spiro atoms. The van der Waals surface area contributed by atoms with Gasteiger partial charge in [-0.1, -0.05) is 12.1 Å². The van der Waals surface area contributed by atoms with Gasteiger partial charge in [-0.3, -0.25) is 0 Å². The lowest BCUT2D eigenvalue weighted by molar-refractivity contribution is 0.00578. The van der Waals surface area contributed by atoms with Crippen LogP contribution >= 0.6 is 0 Å². The quantitative estimate of drug-likeness (QED) is 0.803. The van der Waals surface area contributed by atoms with E-state index in [1.165, 1.54) is 0 Å². The van der Waals surface area contributed by atoms with Crippen LogP contribution in [0.1, 0.15) is 27.7 Å². The van der Waals surface area contributed by atoms with Crippen molar-refractivity contribution in [2.45, 2.75) is 57.6 Å². The van der Waals surface area contributed by atoms with E-state index in [-0.39, 0.29) is 31.1 Å². The van der Waals surface area contributed by atoms with Crippen LogP contribution in [0.15, 0.2) is 24.3 Å². The van der Waals surface area contributed by atoms with Crippen molar-refractivity contribution < 1.29 is 14.0 Å². The molecule has 2 fully saturated rings. The molecule has 0 N–H and O–H groups in total. The standard InChI is InChI=1S/C16H21B2NO3/c1-15(2)16(3,4)22-18(21-15)12-5-7-13(8-6-12)20-14-9-17(10-14)11-19/h5-8,14H,9-10H2,1-4H3. The second-order valence-electron chi connectivity index (χ2n) is 7.19. The summed E-state index contributed by atoms with van der Waals surface area (Å²) in [5.74, 6) is 3.10. The van der Waals surface area contributed by atoms with Crippen LogP contribution in [-0.4, -0.2) is 31.1 Å². The Hall–Kier alpha value is -1.44. The molecule has 1 aromatic rings. The second-order valence-corrected chi connectivity index (χ2v) is 7.19. The van der Waals surface area contributed by atoms with Crippen LogP contribution in [0.25, 0.3) is 0 Å². The highest BCUT2D eigenvalue weighted by atomic mass is 16.7. The number of benzene rings is 1. The normalized spacial score (nSPS) is 23.0. The zero-order valence-corrected chi connectivity index (χ0v) is 13.6. The average molecular weight is 297 g/mol. The summed E-state index contributed by atoms with van der Waals surface area (Å²) in [5.41, 5.74) is 0.338. The fraction of sp³-hybridized carbons (Fsp3) is 0.562. The molecule has 0 aromatic heterocycles. The molecule has 0 bridgehead atoms. The van der Waals surface area contributed by atoms with Crippen LogP contribution in [-0.2, 0) is 9.31 Å². The molecule has 22 heavy (non-hydrogen) atoms. The number of nitrogens with zero attached hydrogens (tertiary/aromatic N) is 1. The number of ether oxygens (including phenoxy) is 1. The van der Waals surface area contributed by atoms with Gasteiger partial charge in [0.25, 0.3) is 6.71 Å². The van der Waals surface area contributed by atoms with Crippen LogP contribution < -0.4 is 10.2 Å². The van der Waals surface area contributed by atoms with E-state index < -0.39 is 0 Å². The largest absolute Gasteiger partial charge is 0.494 e. The van der Waals surface area contributed by atoms with Gasteiger partial charge >= 0.3 is 7.12 Å². The maximum absolute atomic E-state index is 8.78. The first kappa shape index (κ1) is 15.5. The van der Waals surface area contributed by atoms with E-state index in [0.717, 1.165) is 23.9 Å². The molecule has 2 aliphatic heterocycles. The van der Waals surface area contributed by atoms with Crippen molar-refractivity contribution in [3.8, 4) is 11.7 Å². The minimum Gasteiger partial charge on any atom is -0.492 e. The van der Waals surface area contributed by atoms with Gasteiger partial charge in [0.05, 0.1) is 17.3 Å². The van der Waals surface area contributed by atoms with Gasteiger partial charge < -0.3 is 14.0 Å². The molecule has 2 aliphatic rings. The number of hydrogen-bond acceptors (Lipinski definition) is 4. The van der Waals surface area contributed by atoms with Gasteiger partial charge in [0, 0.05) is 5.97 Å². The van der Waals surface area contributed by atoms with E-state index in [1.807, 2.05) is 52.0 Å². The Morgan fingerprint density at radius 2 is 1.64 bits per heavy atom. The van der Waals surface area contributed by atoms with Crippen LogP contribution in [0.3, 0.4) is 0 Å². The molecule has 0 aliphatic carbocycles. The predicted molar refractivity (Wildman–Crippen MR) is 87.6 cm³/mol. The van der Waals surface area contributed by atoms with Gasteiger partial charge in [-0.2, -0.15) is 0 Å². The topological polar surface area (TPSA) is 51.5 Å². The molecule has 0 radical (unpaired) electrons. The zero-order valence-electron chi connectivity index (χ0n) is 13.6. The molecule has 0 saturated carbocycles. The summed E-state index contributed by atoms with van der Waals surface area (Å²) in [6, 6.07) is 7.86. The second kappa shape index (κ2) is 5.33. The molecule has 2 heterocycles. The van der Waals surface area contributed by atoms with Gasteiger partial charge in [0.15, 0.2) is 0 Å². The van der Waals surface area contributed by atoms with Crippen molar-refractivity contribution in [2.24, 2.45) is 0 Å². The predicted octanol–water partition coefficient (Wildman–Crippen LogP) is 2.30. The van der Waals surface area contributed by atoms with E-state index in [4.69, 9.17) is 19.3 Å². The highest BCUT2D eigenvalue weighted by Gasteiger charge is 2.51. The summed E-state index contributed by atoms with van der Waals surface area (Å²) >= 11 is 0. The Morgan fingerprint density at radius 3 is 2.14 bits per heavy atom. The van der Waals surface area contributed by atoms with Gasteiger partial charge in [-0.15, -0.1) is 0 Å². The van der Waals surface area contributed by atoms with Crippen molar-refractivity contribution >= 4 is 19.3 Å². The molecule has 2 saturated heterocycles. The SMILES string of the molecule is CC1(C)OB(c2ccc(OC3CB(C#N)C3)cc2)OC1(C)C. The third-order valence-electron chi connectivity index (χ3n) is 4.99. The summed E-state index contributed by atoms with van der Waals surface area (Å²) < 4.78 is 17.9. The van der Waals surface area contributed by atoms with Crippen molar-refractivity contribution in [2.75, 3.05) is 0 Å².